The number of nitrogens with zero attached hydrogens (tertiary/aromatic N) is 1. The van der Waals surface area contributed by atoms with Crippen LogP contribution in [0.3, 0.4) is 0 Å². The van der Waals surface area contributed by atoms with Crippen molar-refractivity contribution in [2.24, 2.45) is 0 Å². The molecule has 1 aromatic carbocycles. The van der Waals surface area contributed by atoms with Crippen LogP contribution >= 0.6 is 55.1 Å². The van der Waals surface area contributed by atoms with E-state index in [0.717, 1.165) is 0 Å². The molecule has 0 amide bonds. The summed E-state index contributed by atoms with van der Waals surface area (Å²) in [4.78, 5) is 0. The predicted octanol–water partition coefficient (Wildman–Crippen LogP) is 7.29. The van der Waals surface area contributed by atoms with Crippen LogP contribution in [0.1, 0.15) is 18.5 Å². The highest BCUT2D eigenvalue weighted by molar-refractivity contribution is 8.81. The average molecular weight is 339 g/mol. The Bertz CT molecular complexity index is 697. The Kier molecular flexibility index (Phi) is 2.65. The van der Waals surface area contributed by atoms with Crippen molar-refractivity contribution in [3.63, 3.8) is 0 Å². The molecule has 0 saturated carbocycles. The smallest absolute Gasteiger partial charge is 0.0852 e. The minimum absolute atomic E-state index is 0.216. The third kappa shape index (κ3) is 1.42. The highest BCUT2D eigenvalue weighted by Crippen LogP contribution is 2.84. The maximum absolute atomic E-state index is 2.92. The average Bonchev–Trinajstić information content (AvgIpc) is 3.03. The minimum Gasteiger partial charge on any atom is -0.283 e. The monoisotopic (exact) mass is 339 g/mol. The molecule has 5 aromatic rings. The van der Waals surface area contributed by atoms with Gasteiger partial charge in [0.15, 0.2) is 0 Å². The molecule has 0 N–H and O–H groups in total. The Morgan fingerprint density at radius 3 is 2.19 bits per heavy atom. The molecule has 8 heteroatoms. The van der Waals surface area contributed by atoms with Gasteiger partial charge in [-0.15, -0.1) is 0 Å². The van der Waals surface area contributed by atoms with E-state index in [1.54, 1.807) is 0 Å². The summed E-state index contributed by atoms with van der Waals surface area (Å²) in [5.41, 5.74) is 1.52. The molecule has 4 bridgehead atoms. The van der Waals surface area contributed by atoms with E-state index >= 15 is 0 Å². The summed E-state index contributed by atoms with van der Waals surface area (Å²) < 4.78 is 2.92. The lowest BCUT2D eigenvalue weighted by Crippen LogP contribution is -1.99. The van der Waals surface area contributed by atoms with Gasteiger partial charge in [0.05, 0.1) is 29.5 Å². The molecule has 16 heavy (non-hydrogen) atoms. The second kappa shape index (κ2) is 3.94. The standard InChI is InChI=1S/C8H9NP4S3/c1-7(8-5-3-2-4-6-8)9-10-12-15-11(9)13(14-10)16-12/h2-7H,1H3. The number of rotatable bonds is 2. The van der Waals surface area contributed by atoms with Crippen LogP contribution in [-0.2, 0) is 0 Å². The Morgan fingerprint density at radius 2 is 1.62 bits per heavy atom. The Labute approximate surface area is 107 Å². The third-order valence-electron chi connectivity index (χ3n) is 2.68. The van der Waals surface area contributed by atoms with Crippen LogP contribution < -0.4 is 0 Å². The van der Waals surface area contributed by atoms with Crippen LogP contribution in [0.2, 0.25) is 0 Å². The normalized spacial score (nSPS) is 18.8. The van der Waals surface area contributed by atoms with E-state index in [0.29, 0.717) is 16.8 Å². The van der Waals surface area contributed by atoms with Gasteiger partial charge in [-0.1, -0.05) is 62.0 Å². The second-order valence-electron chi connectivity index (χ2n) is 3.63. The van der Waals surface area contributed by atoms with Crippen molar-refractivity contribution >= 4 is 55.1 Å². The fourth-order valence-electron chi connectivity index (χ4n) is 1.85. The fraction of sp³-hybridized carbons (Fsp3) is 0.250. The SMILES string of the molecule is CC(c1ccccc1)n1p2sp3sp2sp13. The number of aromatic nitrogens is 1. The van der Waals surface area contributed by atoms with Gasteiger partial charge in [-0.05, 0) is 12.5 Å². The highest BCUT2D eigenvalue weighted by Gasteiger charge is 2.22. The summed E-state index contributed by atoms with van der Waals surface area (Å²) in [6.45, 7) is 2.41. The van der Waals surface area contributed by atoms with Crippen molar-refractivity contribution in [2.45, 2.75) is 13.0 Å². The van der Waals surface area contributed by atoms with E-state index < -0.39 is 0 Å². The molecule has 0 aliphatic heterocycles. The molecule has 1 nitrogen and oxygen atoms in total. The molecule has 0 saturated heterocycles. The first-order valence-electron chi connectivity index (χ1n) is 4.93. The maximum Gasteiger partial charge on any atom is 0.0852 e. The van der Waals surface area contributed by atoms with E-state index in [2.05, 4.69) is 73.0 Å². The van der Waals surface area contributed by atoms with Crippen molar-refractivity contribution in [3.05, 3.63) is 35.9 Å². The first-order valence-corrected chi connectivity index (χ1v) is 17.7. The van der Waals surface area contributed by atoms with E-state index in [-0.39, 0.29) is 12.7 Å². The minimum atomic E-state index is 0.216. The third-order valence-corrected chi connectivity index (χ3v) is 53.5. The molecule has 84 valence electrons. The molecule has 4 heterocycles. The van der Waals surface area contributed by atoms with Gasteiger partial charge < -0.3 is 0 Å². The van der Waals surface area contributed by atoms with Crippen molar-refractivity contribution in [1.82, 2.24) is 4.09 Å². The molecule has 5 unspecified atom stereocenters. The lowest BCUT2D eigenvalue weighted by atomic mass is 10.1. The van der Waals surface area contributed by atoms with Crippen LogP contribution in [-0.4, -0.2) is 4.09 Å². The molecule has 0 aliphatic carbocycles. The first-order chi connectivity index (χ1) is 7.84. The Morgan fingerprint density at radius 1 is 1.00 bits per heavy atom. The zero-order valence-electron chi connectivity index (χ0n) is 8.42. The summed E-state index contributed by atoms with van der Waals surface area (Å²) in [7, 11) is 7.13. The predicted molar refractivity (Wildman–Crippen MR) is 84.8 cm³/mol. The summed E-state index contributed by atoms with van der Waals surface area (Å²) in [5.74, 6) is 0. The molecule has 5 rings (SSSR count). The first kappa shape index (κ1) is 10.8. The summed E-state index contributed by atoms with van der Waals surface area (Å²) in [6.07, 6.45) is 0.432. The van der Waals surface area contributed by atoms with Gasteiger partial charge in [-0.2, -0.15) is 0 Å². The number of hydrogen-bond donors (Lipinski definition) is 0. The van der Waals surface area contributed by atoms with Crippen LogP contribution in [0.4, 0.5) is 0 Å². The van der Waals surface area contributed by atoms with Crippen molar-refractivity contribution in [3.8, 4) is 0 Å². The van der Waals surface area contributed by atoms with Crippen molar-refractivity contribution in [1.29, 1.82) is 0 Å². The molecular formula is C8H9NP4S3. The zero-order chi connectivity index (χ0) is 10.7. The van der Waals surface area contributed by atoms with Gasteiger partial charge in [0.2, 0.25) is 0 Å². The van der Waals surface area contributed by atoms with Crippen molar-refractivity contribution < 1.29 is 0 Å². The van der Waals surface area contributed by atoms with Crippen LogP contribution in [0, 0.1) is 0 Å². The molecule has 0 spiro atoms. The molecule has 4 aromatic heterocycles. The van der Waals surface area contributed by atoms with Gasteiger partial charge in [-0.3, -0.25) is 4.09 Å². The van der Waals surface area contributed by atoms with Gasteiger partial charge in [-0.25, -0.2) is 0 Å². The van der Waals surface area contributed by atoms with E-state index in [1.165, 1.54) is 5.56 Å². The topological polar surface area (TPSA) is 4.93 Å². The van der Waals surface area contributed by atoms with Crippen LogP contribution in [0.15, 0.2) is 30.3 Å². The highest BCUT2D eigenvalue weighted by atomic mass is 33.4. The van der Waals surface area contributed by atoms with Crippen LogP contribution in [0.5, 0.6) is 0 Å². The molecule has 0 fully saturated rings. The van der Waals surface area contributed by atoms with Crippen molar-refractivity contribution in [2.75, 3.05) is 0 Å². The Hall–Kier alpha value is 0.880. The quantitative estimate of drug-likeness (QED) is 0.361. The van der Waals surface area contributed by atoms with Gasteiger partial charge in [0, 0.05) is 0 Å². The zero-order valence-corrected chi connectivity index (χ0v) is 14.5. The van der Waals surface area contributed by atoms with E-state index in [4.69, 9.17) is 0 Å². The molecular weight excluding hydrogens is 330 g/mol. The molecule has 0 radical (unpaired) electrons. The summed E-state index contributed by atoms with van der Waals surface area (Å²) in [6, 6.07) is 11.7. The van der Waals surface area contributed by atoms with E-state index in [9.17, 15) is 0 Å². The molecule has 5 atom stereocenters. The number of hydrogen-bond acceptors (Lipinski definition) is 3. The second-order valence-corrected chi connectivity index (χ2v) is 30.5. The molecule has 0 aliphatic rings. The van der Waals surface area contributed by atoms with Gasteiger partial charge in [0.1, 0.15) is 0 Å². The number of benzene rings is 1. The summed E-state index contributed by atoms with van der Waals surface area (Å²) in [5, 5.41) is 0.653. The Balaban J connectivity index is 1.91. The lowest BCUT2D eigenvalue weighted by Gasteiger charge is -2.13. The maximum atomic E-state index is 2.92. The van der Waals surface area contributed by atoms with Gasteiger partial charge >= 0.3 is 0 Å². The largest absolute Gasteiger partial charge is 0.283 e. The van der Waals surface area contributed by atoms with Crippen LogP contribution in [0.25, 0.3) is 0 Å². The fourth-order valence-corrected chi connectivity index (χ4v) is 96.7. The van der Waals surface area contributed by atoms with Gasteiger partial charge in [0.25, 0.3) is 0 Å². The lowest BCUT2D eigenvalue weighted by molar-refractivity contribution is 0.746. The summed E-state index contributed by atoms with van der Waals surface area (Å²) >= 11 is 0. The van der Waals surface area contributed by atoms with E-state index in [1.807, 2.05) is 0 Å².